The lowest BCUT2D eigenvalue weighted by molar-refractivity contribution is 0.102. The number of hydrogen-bond donors (Lipinski definition) is 2. The van der Waals surface area contributed by atoms with E-state index in [9.17, 15) is 9.59 Å². The highest BCUT2D eigenvalue weighted by Crippen LogP contribution is 2.27. The summed E-state index contributed by atoms with van der Waals surface area (Å²) < 4.78 is 1.52. The third kappa shape index (κ3) is 3.23. The highest BCUT2D eigenvalue weighted by atomic mass is 79.9. The number of anilines is 1. The summed E-state index contributed by atoms with van der Waals surface area (Å²) in [7, 11) is 0. The smallest absolute Gasteiger partial charge is 0.256 e. The Balaban J connectivity index is 1.97. The summed E-state index contributed by atoms with van der Waals surface area (Å²) in [6.45, 7) is 1.87. The van der Waals surface area contributed by atoms with Gasteiger partial charge in [-0.2, -0.15) is 0 Å². The van der Waals surface area contributed by atoms with Crippen molar-refractivity contribution in [2.75, 3.05) is 5.32 Å². The van der Waals surface area contributed by atoms with Crippen molar-refractivity contribution < 1.29 is 4.79 Å². The second kappa shape index (κ2) is 6.29. The molecular weight excluding hydrogens is 424 g/mol. The van der Waals surface area contributed by atoms with Gasteiger partial charge in [0.2, 0.25) is 5.56 Å². The van der Waals surface area contributed by atoms with Crippen molar-refractivity contribution in [2.24, 2.45) is 0 Å². The normalized spacial score (nSPS) is 10.7. The first-order valence-corrected chi connectivity index (χ1v) is 8.43. The molecule has 2 N–H and O–H groups in total. The summed E-state index contributed by atoms with van der Waals surface area (Å²) in [5.74, 6) is -0.209. The summed E-state index contributed by atoms with van der Waals surface area (Å²) >= 11 is 6.79. The molecule has 4 nitrogen and oxygen atoms in total. The number of carbonyl (C=O) groups excluding carboxylic acids is 1. The summed E-state index contributed by atoms with van der Waals surface area (Å²) in [5, 5.41) is 3.78. The van der Waals surface area contributed by atoms with Gasteiger partial charge < -0.3 is 10.3 Å². The van der Waals surface area contributed by atoms with Gasteiger partial charge in [0.25, 0.3) is 5.91 Å². The van der Waals surface area contributed by atoms with Crippen molar-refractivity contribution in [1.29, 1.82) is 0 Å². The van der Waals surface area contributed by atoms with Crippen LogP contribution in [0.25, 0.3) is 10.9 Å². The maximum Gasteiger partial charge on any atom is 0.256 e. The second-order valence-corrected chi connectivity index (χ2v) is 6.78. The second-order valence-electron chi connectivity index (χ2n) is 5.13. The number of hydrogen-bond acceptors (Lipinski definition) is 2. The van der Waals surface area contributed by atoms with Gasteiger partial charge in [-0.15, -0.1) is 0 Å². The molecule has 0 aliphatic rings. The van der Waals surface area contributed by atoms with E-state index in [0.29, 0.717) is 15.7 Å². The highest BCUT2D eigenvalue weighted by molar-refractivity contribution is 9.13. The van der Waals surface area contributed by atoms with E-state index in [2.05, 4.69) is 42.2 Å². The first-order chi connectivity index (χ1) is 11.0. The van der Waals surface area contributed by atoms with Gasteiger partial charge in [0.05, 0.1) is 5.56 Å². The lowest BCUT2D eigenvalue weighted by Gasteiger charge is -2.09. The first kappa shape index (κ1) is 16.0. The average Bonchev–Trinajstić information content (AvgIpc) is 2.50. The number of aryl methyl sites for hydroxylation is 1. The van der Waals surface area contributed by atoms with E-state index >= 15 is 0 Å². The number of amides is 1. The largest absolute Gasteiger partial charge is 0.322 e. The van der Waals surface area contributed by atoms with Crippen LogP contribution < -0.4 is 10.9 Å². The van der Waals surface area contributed by atoms with Gasteiger partial charge in [0.1, 0.15) is 0 Å². The summed E-state index contributed by atoms with van der Waals surface area (Å²) in [6, 6.07) is 12.4. The molecule has 1 aromatic heterocycles. The van der Waals surface area contributed by atoms with Crippen LogP contribution in [0.2, 0.25) is 0 Å². The van der Waals surface area contributed by atoms with Crippen LogP contribution in [0.3, 0.4) is 0 Å². The molecule has 116 valence electrons. The highest BCUT2D eigenvalue weighted by Gasteiger charge is 2.12. The molecule has 23 heavy (non-hydrogen) atoms. The fourth-order valence-corrected chi connectivity index (χ4v) is 3.19. The van der Waals surface area contributed by atoms with Gasteiger partial charge >= 0.3 is 0 Å². The Morgan fingerprint density at radius 3 is 2.70 bits per heavy atom. The Bertz CT molecular complexity index is 980. The Hall–Kier alpha value is -1.92. The maximum atomic E-state index is 12.4. The molecule has 3 aromatic rings. The van der Waals surface area contributed by atoms with Gasteiger partial charge in [0, 0.05) is 31.6 Å². The molecule has 0 radical (unpaired) electrons. The topological polar surface area (TPSA) is 62.0 Å². The SMILES string of the molecule is Cc1cc(=O)[nH]c2ccc(NC(=O)c3cccc(Br)c3Br)cc12. The molecule has 1 heterocycles. The molecule has 0 fully saturated rings. The van der Waals surface area contributed by atoms with Gasteiger partial charge in [0.15, 0.2) is 0 Å². The molecule has 0 bridgehead atoms. The van der Waals surface area contributed by atoms with Gasteiger partial charge in [-0.05, 0) is 74.7 Å². The molecule has 0 spiro atoms. The van der Waals surface area contributed by atoms with E-state index in [1.807, 2.05) is 19.1 Å². The minimum Gasteiger partial charge on any atom is -0.322 e. The molecular formula is C17H12Br2N2O2. The van der Waals surface area contributed by atoms with Crippen LogP contribution in [0.1, 0.15) is 15.9 Å². The first-order valence-electron chi connectivity index (χ1n) is 6.85. The summed E-state index contributed by atoms with van der Waals surface area (Å²) in [4.78, 5) is 26.7. The molecule has 1 amide bonds. The third-order valence-corrected chi connectivity index (χ3v) is 5.55. The summed E-state index contributed by atoms with van der Waals surface area (Å²) in [5.41, 5.74) is 2.69. The standard InChI is InChI=1S/C17H12Br2N2O2/c1-9-7-15(22)21-14-6-5-10(8-12(9)14)20-17(23)11-3-2-4-13(18)16(11)19/h2-8H,1H3,(H,20,23)(H,21,22). The van der Waals surface area contributed by atoms with E-state index in [1.165, 1.54) is 0 Å². The number of aromatic amines is 1. The van der Waals surface area contributed by atoms with Crippen molar-refractivity contribution >= 4 is 54.4 Å². The number of carbonyl (C=O) groups is 1. The minimum absolute atomic E-state index is 0.134. The van der Waals surface area contributed by atoms with Crippen molar-refractivity contribution in [3.8, 4) is 0 Å². The number of nitrogens with one attached hydrogen (secondary N) is 2. The molecule has 0 saturated heterocycles. The minimum atomic E-state index is -0.209. The molecule has 0 aliphatic carbocycles. The number of halogens is 2. The molecule has 2 aromatic carbocycles. The predicted molar refractivity (Wildman–Crippen MR) is 99.1 cm³/mol. The Morgan fingerprint density at radius 1 is 1.13 bits per heavy atom. The third-order valence-electron chi connectivity index (χ3n) is 3.50. The van der Waals surface area contributed by atoms with E-state index in [1.54, 1.807) is 30.3 Å². The van der Waals surface area contributed by atoms with Crippen molar-refractivity contribution in [3.05, 3.63) is 72.9 Å². The van der Waals surface area contributed by atoms with Crippen LogP contribution in [-0.4, -0.2) is 10.9 Å². The average molecular weight is 436 g/mol. The lowest BCUT2D eigenvalue weighted by Crippen LogP contribution is -2.13. The van der Waals surface area contributed by atoms with Gasteiger partial charge in [-0.3, -0.25) is 9.59 Å². The van der Waals surface area contributed by atoms with Gasteiger partial charge in [-0.1, -0.05) is 6.07 Å². The zero-order valence-corrected chi connectivity index (χ0v) is 15.3. The van der Waals surface area contributed by atoms with E-state index < -0.39 is 0 Å². The molecule has 0 aliphatic heterocycles. The van der Waals surface area contributed by atoms with Crippen LogP contribution in [0.15, 0.2) is 56.2 Å². The molecule has 0 saturated carbocycles. The number of aromatic nitrogens is 1. The number of fused-ring (bicyclic) bond motifs is 1. The van der Waals surface area contributed by atoms with E-state index in [-0.39, 0.29) is 11.5 Å². The maximum absolute atomic E-state index is 12.4. The van der Waals surface area contributed by atoms with Crippen molar-refractivity contribution in [3.63, 3.8) is 0 Å². The van der Waals surface area contributed by atoms with Crippen LogP contribution >= 0.6 is 31.9 Å². The number of pyridine rings is 1. The molecule has 0 atom stereocenters. The van der Waals surface area contributed by atoms with Crippen molar-refractivity contribution in [2.45, 2.75) is 6.92 Å². The lowest BCUT2D eigenvalue weighted by atomic mass is 10.1. The Labute approximate surface area is 149 Å². The number of rotatable bonds is 2. The molecule has 3 rings (SSSR count). The molecule has 6 heteroatoms. The monoisotopic (exact) mass is 434 g/mol. The van der Waals surface area contributed by atoms with E-state index in [0.717, 1.165) is 20.9 Å². The van der Waals surface area contributed by atoms with Crippen LogP contribution in [0.4, 0.5) is 5.69 Å². The van der Waals surface area contributed by atoms with Crippen LogP contribution in [-0.2, 0) is 0 Å². The quantitative estimate of drug-likeness (QED) is 0.617. The molecule has 0 unspecified atom stereocenters. The number of H-pyrrole nitrogens is 1. The Kier molecular flexibility index (Phi) is 4.37. The van der Waals surface area contributed by atoms with Crippen LogP contribution in [0.5, 0.6) is 0 Å². The summed E-state index contributed by atoms with van der Waals surface area (Å²) in [6.07, 6.45) is 0. The van der Waals surface area contributed by atoms with E-state index in [4.69, 9.17) is 0 Å². The zero-order chi connectivity index (χ0) is 16.6. The van der Waals surface area contributed by atoms with Crippen LogP contribution in [0, 0.1) is 6.92 Å². The fraction of sp³-hybridized carbons (Fsp3) is 0.0588. The van der Waals surface area contributed by atoms with Gasteiger partial charge in [-0.25, -0.2) is 0 Å². The predicted octanol–water partition coefficient (Wildman–Crippen LogP) is 4.61. The number of benzene rings is 2. The van der Waals surface area contributed by atoms with Crippen molar-refractivity contribution in [1.82, 2.24) is 4.98 Å². The Morgan fingerprint density at radius 2 is 1.91 bits per heavy atom. The fourth-order valence-electron chi connectivity index (χ4n) is 2.38. The zero-order valence-electron chi connectivity index (χ0n) is 12.1.